The number of benzene rings is 2. The van der Waals surface area contributed by atoms with Crippen molar-refractivity contribution in [1.29, 1.82) is 0 Å². The van der Waals surface area contributed by atoms with Gasteiger partial charge in [0.15, 0.2) is 6.04 Å². The van der Waals surface area contributed by atoms with Gasteiger partial charge in [-0.3, -0.25) is 4.79 Å². The van der Waals surface area contributed by atoms with Crippen LogP contribution in [0.5, 0.6) is 0 Å². The average Bonchev–Trinajstić information content (AvgIpc) is 2.56. The Morgan fingerprint density at radius 1 is 1.12 bits per heavy atom. The number of carbonyl (C=O) groups is 2. The van der Waals surface area contributed by atoms with Crippen molar-refractivity contribution in [1.82, 2.24) is 5.32 Å². The second-order valence-electron chi connectivity index (χ2n) is 5.02. The third-order valence-electron chi connectivity index (χ3n) is 3.43. The van der Waals surface area contributed by atoms with Gasteiger partial charge in [0, 0.05) is 0 Å². The van der Waals surface area contributed by atoms with E-state index in [-0.39, 0.29) is 5.56 Å². The number of aliphatic hydroxyl groups is 1. The van der Waals surface area contributed by atoms with E-state index in [2.05, 4.69) is 4.74 Å². The van der Waals surface area contributed by atoms with E-state index in [1.807, 2.05) is 6.07 Å². The fourth-order valence-corrected chi connectivity index (χ4v) is 2.20. The van der Waals surface area contributed by atoms with E-state index >= 15 is 0 Å². The molecule has 2 aromatic rings. The van der Waals surface area contributed by atoms with Gasteiger partial charge in [-0.15, -0.1) is 0 Å². The molecule has 2 atom stereocenters. The van der Waals surface area contributed by atoms with Crippen LogP contribution in [0.1, 0.15) is 11.7 Å². The van der Waals surface area contributed by atoms with Crippen molar-refractivity contribution in [2.24, 2.45) is 0 Å². The van der Waals surface area contributed by atoms with Crippen LogP contribution in [0.2, 0.25) is 0 Å². The number of fused-ring (bicyclic) bond motifs is 1. The summed E-state index contributed by atoms with van der Waals surface area (Å²) >= 11 is 0. The van der Waals surface area contributed by atoms with Crippen LogP contribution in [-0.4, -0.2) is 36.3 Å². The molecule has 2 aromatic carbocycles. The summed E-state index contributed by atoms with van der Waals surface area (Å²) in [5, 5.41) is 13.3. The summed E-state index contributed by atoms with van der Waals surface area (Å²) in [6.45, 7) is 0. The lowest BCUT2D eigenvalue weighted by atomic mass is 9.99. The predicted octanol–water partition coefficient (Wildman–Crippen LogP) is 2.09. The number of ether oxygens (including phenoxy) is 1. The van der Waals surface area contributed by atoms with E-state index < -0.39 is 30.2 Å². The van der Waals surface area contributed by atoms with E-state index in [9.17, 15) is 27.9 Å². The molecule has 0 saturated carbocycles. The molecule has 0 saturated heterocycles. The molecule has 0 bridgehead atoms. The Hall–Kier alpha value is -2.61. The normalized spacial score (nSPS) is 14.0. The zero-order valence-corrected chi connectivity index (χ0v) is 12.5. The van der Waals surface area contributed by atoms with Crippen LogP contribution in [0.25, 0.3) is 10.8 Å². The highest BCUT2D eigenvalue weighted by Gasteiger charge is 2.43. The molecule has 24 heavy (non-hydrogen) atoms. The first kappa shape index (κ1) is 17.7. The molecule has 2 rings (SSSR count). The highest BCUT2D eigenvalue weighted by Crippen LogP contribution is 2.24. The molecule has 0 aromatic heterocycles. The maximum Gasteiger partial charge on any atom is 0.471 e. The molecular formula is C16H14F3NO4. The Morgan fingerprint density at radius 3 is 2.33 bits per heavy atom. The van der Waals surface area contributed by atoms with Gasteiger partial charge in [-0.2, -0.15) is 13.2 Å². The minimum atomic E-state index is -5.19. The van der Waals surface area contributed by atoms with Crippen LogP contribution < -0.4 is 5.32 Å². The van der Waals surface area contributed by atoms with Crippen LogP contribution in [0.3, 0.4) is 0 Å². The first-order valence-electron chi connectivity index (χ1n) is 6.86. The summed E-state index contributed by atoms with van der Waals surface area (Å²) in [5.41, 5.74) is 0.173. The lowest BCUT2D eigenvalue weighted by Crippen LogP contribution is -2.50. The minimum absolute atomic E-state index is 0.173. The molecule has 0 heterocycles. The standard InChI is InChI=1S/C16H14F3NO4/c1-24-14(22)12(20-15(23)16(17,18)19)13(21)11-7-6-9-4-2-3-5-10(9)8-11/h2-8,12-13,21H,1H3,(H,20,23)/t12-,13-/m0/s1. The second kappa shape index (κ2) is 6.88. The Labute approximate surface area is 135 Å². The quantitative estimate of drug-likeness (QED) is 0.835. The highest BCUT2D eigenvalue weighted by molar-refractivity contribution is 5.88. The van der Waals surface area contributed by atoms with Crippen molar-refractivity contribution in [2.75, 3.05) is 7.11 Å². The summed E-state index contributed by atoms with van der Waals surface area (Å²) in [7, 11) is 0.947. The molecule has 1 amide bonds. The maximum absolute atomic E-state index is 12.4. The molecular weight excluding hydrogens is 327 g/mol. The van der Waals surface area contributed by atoms with Crippen molar-refractivity contribution >= 4 is 22.6 Å². The number of rotatable bonds is 4. The summed E-state index contributed by atoms with van der Waals surface area (Å²) < 4.78 is 41.6. The van der Waals surface area contributed by atoms with Gasteiger partial charge in [-0.05, 0) is 22.4 Å². The number of halogens is 3. The van der Waals surface area contributed by atoms with Gasteiger partial charge >= 0.3 is 18.1 Å². The summed E-state index contributed by atoms with van der Waals surface area (Å²) in [6.07, 6.45) is -6.89. The van der Waals surface area contributed by atoms with E-state index in [1.54, 1.807) is 24.3 Å². The predicted molar refractivity (Wildman–Crippen MR) is 78.9 cm³/mol. The maximum atomic E-state index is 12.4. The zero-order chi connectivity index (χ0) is 17.9. The van der Waals surface area contributed by atoms with Crippen molar-refractivity contribution in [3.63, 3.8) is 0 Å². The summed E-state index contributed by atoms with van der Waals surface area (Å²) in [5.74, 6) is -3.52. The van der Waals surface area contributed by atoms with E-state index in [0.717, 1.165) is 17.9 Å². The molecule has 2 N–H and O–H groups in total. The van der Waals surface area contributed by atoms with Gasteiger partial charge < -0.3 is 15.2 Å². The second-order valence-corrected chi connectivity index (χ2v) is 5.02. The smallest absolute Gasteiger partial charge is 0.467 e. The molecule has 0 aliphatic heterocycles. The van der Waals surface area contributed by atoms with Crippen molar-refractivity contribution in [3.8, 4) is 0 Å². The molecule has 8 heteroatoms. The van der Waals surface area contributed by atoms with Crippen LogP contribution in [0, 0.1) is 0 Å². The average molecular weight is 341 g/mol. The number of hydrogen-bond acceptors (Lipinski definition) is 4. The van der Waals surface area contributed by atoms with Crippen LogP contribution in [0.15, 0.2) is 42.5 Å². The van der Waals surface area contributed by atoms with E-state index in [4.69, 9.17) is 0 Å². The van der Waals surface area contributed by atoms with E-state index in [1.165, 1.54) is 17.4 Å². The minimum Gasteiger partial charge on any atom is -0.467 e. The van der Waals surface area contributed by atoms with Crippen LogP contribution in [-0.2, 0) is 14.3 Å². The molecule has 0 aliphatic carbocycles. The molecule has 0 radical (unpaired) electrons. The summed E-state index contributed by atoms with van der Waals surface area (Å²) in [6, 6.07) is 9.86. The SMILES string of the molecule is COC(=O)[C@@H](NC(=O)C(F)(F)F)[C@@H](O)c1ccc2ccccc2c1. The lowest BCUT2D eigenvalue weighted by molar-refractivity contribution is -0.177. The van der Waals surface area contributed by atoms with Crippen LogP contribution >= 0.6 is 0 Å². The monoisotopic (exact) mass is 341 g/mol. The molecule has 0 spiro atoms. The van der Waals surface area contributed by atoms with Gasteiger partial charge in [-0.1, -0.05) is 36.4 Å². The number of carbonyl (C=O) groups excluding carboxylic acids is 2. The number of esters is 1. The number of amides is 1. The third kappa shape index (κ3) is 3.83. The Bertz CT molecular complexity index is 760. The lowest BCUT2D eigenvalue weighted by Gasteiger charge is -2.23. The van der Waals surface area contributed by atoms with Gasteiger partial charge in [0.1, 0.15) is 6.10 Å². The van der Waals surface area contributed by atoms with Crippen molar-refractivity contribution in [2.45, 2.75) is 18.3 Å². The first-order valence-corrected chi connectivity index (χ1v) is 6.86. The van der Waals surface area contributed by atoms with E-state index in [0.29, 0.717) is 0 Å². The molecule has 0 fully saturated rings. The number of nitrogens with one attached hydrogen (secondary N) is 1. The molecule has 0 unspecified atom stereocenters. The highest BCUT2D eigenvalue weighted by atomic mass is 19.4. The first-order chi connectivity index (χ1) is 11.2. The Morgan fingerprint density at radius 2 is 1.75 bits per heavy atom. The fourth-order valence-electron chi connectivity index (χ4n) is 2.20. The zero-order valence-electron chi connectivity index (χ0n) is 12.5. The Kier molecular flexibility index (Phi) is 5.08. The fraction of sp³-hybridized carbons (Fsp3) is 0.250. The van der Waals surface area contributed by atoms with Gasteiger partial charge in [0.05, 0.1) is 7.11 Å². The number of aliphatic hydroxyl groups excluding tert-OH is 1. The van der Waals surface area contributed by atoms with Gasteiger partial charge in [0.2, 0.25) is 0 Å². The largest absolute Gasteiger partial charge is 0.471 e. The molecule has 5 nitrogen and oxygen atoms in total. The number of hydrogen-bond donors (Lipinski definition) is 2. The van der Waals surface area contributed by atoms with Crippen molar-refractivity contribution < 1.29 is 32.6 Å². The number of methoxy groups -OCH3 is 1. The van der Waals surface area contributed by atoms with Gasteiger partial charge in [-0.25, -0.2) is 4.79 Å². The third-order valence-corrected chi connectivity index (χ3v) is 3.43. The number of alkyl halides is 3. The topological polar surface area (TPSA) is 75.6 Å². The van der Waals surface area contributed by atoms with Crippen LogP contribution in [0.4, 0.5) is 13.2 Å². The summed E-state index contributed by atoms with van der Waals surface area (Å²) in [4.78, 5) is 22.8. The van der Waals surface area contributed by atoms with Gasteiger partial charge in [0.25, 0.3) is 0 Å². The molecule has 128 valence electrons. The Balaban J connectivity index is 2.33. The molecule has 0 aliphatic rings. The van der Waals surface area contributed by atoms with Crippen molar-refractivity contribution in [3.05, 3.63) is 48.0 Å².